The van der Waals surface area contributed by atoms with E-state index in [1.807, 2.05) is 0 Å². The summed E-state index contributed by atoms with van der Waals surface area (Å²) in [7, 11) is 2.14. The van der Waals surface area contributed by atoms with E-state index in [-0.39, 0.29) is 11.5 Å². The van der Waals surface area contributed by atoms with Gasteiger partial charge in [0.05, 0.1) is 6.04 Å². The van der Waals surface area contributed by atoms with Crippen LogP contribution in [-0.4, -0.2) is 41.7 Å². The first-order chi connectivity index (χ1) is 10.1. The second kappa shape index (κ2) is 6.05. The summed E-state index contributed by atoms with van der Waals surface area (Å²) in [5.74, 6) is 2.41. The van der Waals surface area contributed by atoms with Crippen LogP contribution in [0.5, 0.6) is 0 Å². The molecule has 5 heteroatoms. The number of nitrogens with zero attached hydrogens (tertiary/aromatic N) is 3. The van der Waals surface area contributed by atoms with Crippen molar-refractivity contribution >= 4 is 0 Å². The van der Waals surface area contributed by atoms with Crippen LogP contribution in [-0.2, 0) is 5.41 Å². The van der Waals surface area contributed by atoms with Gasteiger partial charge in [-0.3, -0.25) is 4.90 Å². The lowest BCUT2D eigenvalue weighted by Gasteiger charge is -2.30. The van der Waals surface area contributed by atoms with Crippen LogP contribution in [0.4, 0.5) is 0 Å². The van der Waals surface area contributed by atoms with Crippen LogP contribution in [0.15, 0.2) is 4.52 Å². The summed E-state index contributed by atoms with van der Waals surface area (Å²) >= 11 is 0. The average molecular weight is 292 g/mol. The molecular formula is C16H28N4O. The quantitative estimate of drug-likeness (QED) is 0.924. The summed E-state index contributed by atoms with van der Waals surface area (Å²) in [6.07, 6.45) is 6.13. The van der Waals surface area contributed by atoms with Crippen LogP contribution in [0.3, 0.4) is 0 Å². The molecule has 0 spiro atoms. The van der Waals surface area contributed by atoms with E-state index in [1.54, 1.807) is 0 Å². The molecule has 2 aliphatic rings. The Kier molecular flexibility index (Phi) is 4.31. The molecule has 21 heavy (non-hydrogen) atoms. The summed E-state index contributed by atoms with van der Waals surface area (Å²) in [6, 6.07) is 0.244. The smallest absolute Gasteiger partial charge is 0.232 e. The van der Waals surface area contributed by atoms with Crippen molar-refractivity contribution in [3.05, 3.63) is 11.7 Å². The van der Waals surface area contributed by atoms with Gasteiger partial charge in [0.25, 0.3) is 0 Å². The Labute approximate surface area is 127 Å². The third-order valence-electron chi connectivity index (χ3n) is 5.06. The number of hydrogen-bond acceptors (Lipinski definition) is 5. The lowest BCUT2D eigenvalue weighted by atomic mass is 9.78. The number of nitrogens with one attached hydrogen (secondary N) is 1. The first-order valence-corrected chi connectivity index (χ1v) is 8.36. The maximum atomic E-state index is 5.74. The van der Waals surface area contributed by atoms with Crippen LogP contribution in [0.2, 0.25) is 0 Å². The molecule has 118 valence electrons. The highest BCUT2D eigenvalue weighted by Crippen LogP contribution is 2.45. The largest absolute Gasteiger partial charge is 0.339 e. The van der Waals surface area contributed by atoms with Gasteiger partial charge in [-0.05, 0) is 32.2 Å². The Morgan fingerprint density at radius 2 is 2.14 bits per heavy atom. The molecule has 2 fully saturated rings. The van der Waals surface area contributed by atoms with Crippen molar-refractivity contribution in [2.45, 2.75) is 57.4 Å². The Morgan fingerprint density at radius 3 is 2.81 bits per heavy atom. The maximum absolute atomic E-state index is 5.74. The van der Waals surface area contributed by atoms with Gasteiger partial charge >= 0.3 is 0 Å². The fraction of sp³-hybridized carbons (Fsp3) is 0.875. The van der Waals surface area contributed by atoms with Gasteiger partial charge in [0, 0.05) is 25.0 Å². The summed E-state index contributed by atoms with van der Waals surface area (Å²) in [5, 5.41) is 7.74. The summed E-state index contributed by atoms with van der Waals surface area (Å²) in [4.78, 5) is 7.15. The molecule has 1 aromatic rings. The molecule has 0 radical (unpaired) electrons. The first kappa shape index (κ1) is 15.0. The van der Waals surface area contributed by atoms with Crippen molar-refractivity contribution in [1.82, 2.24) is 20.4 Å². The van der Waals surface area contributed by atoms with Gasteiger partial charge in [-0.1, -0.05) is 31.8 Å². The normalized spacial score (nSPS) is 26.6. The average Bonchev–Trinajstić information content (AvgIpc) is 3.08. The minimum Gasteiger partial charge on any atom is -0.339 e. The second-order valence-electron chi connectivity index (χ2n) is 7.24. The zero-order valence-corrected chi connectivity index (χ0v) is 13.6. The van der Waals surface area contributed by atoms with Crippen LogP contribution >= 0.6 is 0 Å². The topological polar surface area (TPSA) is 54.2 Å². The maximum Gasteiger partial charge on any atom is 0.232 e. The molecule has 1 saturated carbocycles. The van der Waals surface area contributed by atoms with E-state index >= 15 is 0 Å². The molecule has 1 aliphatic heterocycles. The molecule has 1 unspecified atom stereocenters. The Morgan fingerprint density at radius 1 is 1.38 bits per heavy atom. The number of hydrogen-bond donors (Lipinski definition) is 1. The van der Waals surface area contributed by atoms with Gasteiger partial charge < -0.3 is 9.84 Å². The number of likely N-dealkylation sites (N-methyl/N-ethyl adjacent to an activating group) is 1. The number of piperazine rings is 1. The zero-order valence-electron chi connectivity index (χ0n) is 13.6. The van der Waals surface area contributed by atoms with Crippen LogP contribution in [0.1, 0.15) is 63.7 Å². The molecule has 1 aromatic heterocycles. The molecule has 3 rings (SSSR count). The summed E-state index contributed by atoms with van der Waals surface area (Å²) in [5.41, 5.74) is 0.139. The summed E-state index contributed by atoms with van der Waals surface area (Å²) < 4.78 is 5.74. The molecule has 2 heterocycles. The van der Waals surface area contributed by atoms with Crippen molar-refractivity contribution in [3.63, 3.8) is 0 Å². The highest BCUT2D eigenvalue weighted by Gasteiger charge is 2.41. The van der Waals surface area contributed by atoms with Gasteiger partial charge in [-0.2, -0.15) is 4.98 Å². The number of aromatic nitrogens is 2. The molecule has 1 saturated heterocycles. The van der Waals surface area contributed by atoms with Crippen LogP contribution in [0, 0.1) is 5.92 Å². The van der Waals surface area contributed by atoms with E-state index < -0.39 is 0 Å². The Balaban J connectivity index is 1.82. The van der Waals surface area contributed by atoms with E-state index in [1.165, 1.54) is 25.7 Å². The van der Waals surface area contributed by atoms with Gasteiger partial charge in [0.1, 0.15) is 0 Å². The van der Waals surface area contributed by atoms with Crippen molar-refractivity contribution in [2.75, 3.05) is 26.7 Å². The number of rotatable bonds is 4. The predicted octanol–water partition coefficient (Wildman–Crippen LogP) is 2.50. The molecular weight excluding hydrogens is 264 g/mol. The lowest BCUT2D eigenvalue weighted by molar-refractivity contribution is 0.189. The van der Waals surface area contributed by atoms with Crippen molar-refractivity contribution in [3.8, 4) is 0 Å². The fourth-order valence-electron chi connectivity index (χ4n) is 4.02. The monoisotopic (exact) mass is 292 g/mol. The first-order valence-electron chi connectivity index (χ1n) is 8.36. The van der Waals surface area contributed by atoms with E-state index in [2.05, 4.69) is 36.3 Å². The van der Waals surface area contributed by atoms with E-state index in [4.69, 9.17) is 9.51 Å². The molecule has 1 aliphatic carbocycles. The van der Waals surface area contributed by atoms with E-state index in [0.29, 0.717) is 5.92 Å². The third kappa shape index (κ3) is 2.99. The van der Waals surface area contributed by atoms with Gasteiger partial charge in [0.2, 0.25) is 5.89 Å². The van der Waals surface area contributed by atoms with Crippen LogP contribution in [0.25, 0.3) is 0 Å². The minimum absolute atomic E-state index is 0.139. The molecule has 1 N–H and O–H groups in total. The van der Waals surface area contributed by atoms with Crippen molar-refractivity contribution in [2.24, 2.45) is 5.92 Å². The molecule has 5 nitrogen and oxygen atoms in total. The van der Waals surface area contributed by atoms with Crippen LogP contribution < -0.4 is 5.32 Å². The standard InChI is InChI=1S/C16H28N4O/c1-12(2)10-16(6-4-5-7-16)15-18-14(19-21-15)13-11-17-8-9-20(13)3/h12-13,17H,4-11H2,1-3H3. The van der Waals surface area contributed by atoms with Gasteiger partial charge in [-0.15, -0.1) is 0 Å². The zero-order chi connectivity index (χ0) is 14.9. The molecule has 0 bridgehead atoms. The minimum atomic E-state index is 0.139. The van der Waals surface area contributed by atoms with Crippen molar-refractivity contribution < 1.29 is 4.52 Å². The second-order valence-corrected chi connectivity index (χ2v) is 7.24. The van der Waals surface area contributed by atoms with Crippen molar-refractivity contribution in [1.29, 1.82) is 0 Å². The summed E-state index contributed by atoms with van der Waals surface area (Å²) in [6.45, 7) is 7.56. The highest BCUT2D eigenvalue weighted by atomic mass is 16.5. The Bertz CT molecular complexity index is 465. The molecule has 0 amide bonds. The SMILES string of the molecule is CC(C)CC1(c2nc(C3CNCCN3C)no2)CCCC1. The predicted molar refractivity (Wildman–Crippen MR) is 82.1 cm³/mol. The fourth-order valence-corrected chi connectivity index (χ4v) is 4.02. The lowest BCUT2D eigenvalue weighted by Crippen LogP contribution is -2.44. The molecule has 1 atom stereocenters. The molecule has 0 aromatic carbocycles. The third-order valence-corrected chi connectivity index (χ3v) is 5.06. The Hall–Kier alpha value is -0.940. The van der Waals surface area contributed by atoms with E-state index in [0.717, 1.165) is 37.8 Å². The van der Waals surface area contributed by atoms with Gasteiger partial charge in [-0.25, -0.2) is 0 Å². The van der Waals surface area contributed by atoms with E-state index in [9.17, 15) is 0 Å². The van der Waals surface area contributed by atoms with Gasteiger partial charge in [0.15, 0.2) is 5.82 Å². The highest BCUT2D eigenvalue weighted by molar-refractivity contribution is 5.10.